The summed E-state index contributed by atoms with van der Waals surface area (Å²) in [5.74, 6) is -1.34. The fourth-order valence-corrected chi connectivity index (χ4v) is 3.22. The highest BCUT2D eigenvalue weighted by atomic mass is 32.1. The van der Waals surface area contributed by atoms with Crippen molar-refractivity contribution in [2.75, 3.05) is 5.75 Å². The predicted octanol–water partition coefficient (Wildman–Crippen LogP) is 3.08. The van der Waals surface area contributed by atoms with Crippen LogP contribution in [0.4, 0.5) is 0 Å². The predicted molar refractivity (Wildman–Crippen MR) is 89.6 cm³/mol. The molecule has 2 unspecified atom stereocenters. The van der Waals surface area contributed by atoms with Gasteiger partial charge in [-0.15, -0.1) is 0 Å². The number of thiol groups is 1. The van der Waals surface area contributed by atoms with Crippen molar-refractivity contribution >= 4 is 24.5 Å². The monoisotopic (exact) mass is 321 g/mol. The van der Waals surface area contributed by atoms with Gasteiger partial charge in [0.05, 0.1) is 11.8 Å². The van der Waals surface area contributed by atoms with Gasteiger partial charge in [0, 0.05) is 11.4 Å². The summed E-state index contributed by atoms with van der Waals surface area (Å²) in [5.41, 5.74) is 1.48. The van der Waals surface area contributed by atoms with Crippen molar-refractivity contribution in [3.8, 4) is 0 Å². The molecule has 0 aromatic rings. The van der Waals surface area contributed by atoms with E-state index in [0.717, 1.165) is 31.3 Å². The smallest absolute Gasteiger partial charge is 0.312 e. The number of carboxylic acid groups (broad SMARTS) is 1. The third-order valence-corrected chi connectivity index (χ3v) is 4.66. The highest BCUT2D eigenvalue weighted by Gasteiger charge is 2.32. The number of carboxylic acids is 1. The zero-order chi connectivity index (χ0) is 15.9. The molecule has 5 heteroatoms. The van der Waals surface area contributed by atoms with Gasteiger partial charge in [0.2, 0.25) is 5.91 Å². The molecular formula is C17H23NO3S. The highest BCUT2D eigenvalue weighted by Crippen LogP contribution is 2.30. The number of nitrogens with one attached hydrogen (secondary N) is 1. The molecule has 0 spiro atoms. The molecule has 0 fully saturated rings. The average molecular weight is 321 g/mol. The van der Waals surface area contributed by atoms with Gasteiger partial charge in [-0.05, 0) is 31.3 Å². The first-order valence-corrected chi connectivity index (χ1v) is 8.47. The molecular weight excluding hydrogens is 298 g/mol. The molecule has 2 rings (SSSR count). The van der Waals surface area contributed by atoms with Gasteiger partial charge in [0.15, 0.2) is 0 Å². The van der Waals surface area contributed by atoms with Crippen molar-refractivity contribution in [1.29, 1.82) is 0 Å². The quantitative estimate of drug-likeness (QED) is 0.685. The van der Waals surface area contributed by atoms with Crippen LogP contribution in [0.2, 0.25) is 0 Å². The number of aliphatic carboxylic acids is 1. The van der Waals surface area contributed by atoms with E-state index in [4.69, 9.17) is 0 Å². The van der Waals surface area contributed by atoms with Gasteiger partial charge in [-0.25, -0.2) is 0 Å². The Morgan fingerprint density at radius 3 is 2.86 bits per heavy atom. The Kier molecular flexibility index (Phi) is 6.31. The molecule has 4 nitrogen and oxygen atoms in total. The number of allylic oxidation sites excluding steroid dienone is 5. The average Bonchev–Trinajstić information content (AvgIpc) is 2.48. The summed E-state index contributed by atoms with van der Waals surface area (Å²) in [7, 11) is 0. The molecule has 120 valence electrons. The summed E-state index contributed by atoms with van der Waals surface area (Å²) in [4.78, 5) is 23.7. The van der Waals surface area contributed by atoms with Crippen molar-refractivity contribution in [1.82, 2.24) is 5.32 Å². The molecule has 1 aliphatic carbocycles. The molecule has 2 aliphatic rings. The normalized spacial score (nSPS) is 29.6. The third kappa shape index (κ3) is 4.26. The molecule has 1 aliphatic heterocycles. The zero-order valence-electron chi connectivity index (χ0n) is 12.6. The summed E-state index contributed by atoms with van der Waals surface area (Å²) in [5, 5.41) is 12.4. The van der Waals surface area contributed by atoms with Gasteiger partial charge in [0.25, 0.3) is 0 Å². The number of hydrogen-bond acceptors (Lipinski definition) is 3. The molecule has 2 atom stereocenters. The van der Waals surface area contributed by atoms with Gasteiger partial charge in [-0.2, -0.15) is 12.6 Å². The van der Waals surface area contributed by atoms with Crippen LogP contribution in [0.5, 0.6) is 0 Å². The Morgan fingerprint density at radius 2 is 2.14 bits per heavy atom. The number of rotatable bonds is 2. The maximum absolute atomic E-state index is 12.1. The summed E-state index contributed by atoms with van der Waals surface area (Å²) in [6.45, 7) is 0. The highest BCUT2D eigenvalue weighted by molar-refractivity contribution is 7.80. The maximum Gasteiger partial charge on any atom is 0.312 e. The number of hydrogen-bond donors (Lipinski definition) is 3. The largest absolute Gasteiger partial charge is 0.481 e. The molecule has 0 saturated carbocycles. The van der Waals surface area contributed by atoms with Gasteiger partial charge < -0.3 is 10.4 Å². The molecule has 1 heterocycles. The van der Waals surface area contributed by atoms with Crippen molar-refractivity contribution in [2.45, 2.75) is 38.5 Å². The van der Waals surface area contributed by atoms with Gasteiger partial charge in [0.1, 0.15) is 0 Å². The Bertz CT molecular complexity index is 522. The Balaban J connectivity index is 2.37. The molecule has 0 radical (unpaired) electrons. The summed E-state index contributed by atoms with van der Waals surface area (Å²) >= 11 is 4.22. The van der Waals surface area contributed by atoms with E-state index in [1.165, 1.54) is 0 Å². The van der Waals surface area contributed by atoms with E-state index in [9.17, 15) is 14.7 Å². The van der Waals surface area contributed by atoms with E-state index in [0.29, 0.717) is 24.3 Å². The first kappa shape index (κ1) is 16.9. The molecule has 1 amide bonds. The maximum atomic E-state index is 12.1. The van der Waals surface area contributed by atoms with E-state index < -0.39 is 11.9 Å². The van der Waals surface area contributed by atoms with Crippen LogP contribution >= 0.6 is 12.6 Å². The van der Waals surface area contributed by atoms with Crippen molar-refractivity contribution in [3.05, 3.63) is 35.6 Å². The minimum Gasteiger partial charge on any atom is -0.481 e. The van der Waals surface area contributed by atoms with Crippen LogP contribution in [0.1, 0.15) is 38.5 Å². The molecule has 2 N–H and O–H groups in total. The van der Waals surface area contributed by atoms with Crippen LogP contribution in [0.3, 0.4) is 0 Å². The zero-order valence-corrected chi connectivity index (χ0v) is 13.5. The topological polar surface area (TPSA) is 66.4 Å². The fourth-order valence-electron chi connectivity index (χ4n) is 2.92. The van der Waals surface area contributed by atoms with Crippen molar-refractivity contribution < 1.29 is 14.7 Å². The van der Waals surface area contributed by atoms with E-state index in [2.05, 4.69) is 24.0 Å². The van der Waals surface area contributed by atoms with E-state index in [-0.39, 0.29) is 11.8 Å². The Labute approximate surface area is 136 Å². The summed E-state index contributed by atoms with van der Waals surface area (Å²) in [6, 6.07) is 0. The van der Waals surface area contributed by atoms with E-state index in [1.54, 1.807) is 0 Å². The second-order valence-electron chi connectivity index (χ2n) is 5.83. The van der Waals surface area contributed by atoms with Crippen molar-refractivity contribution in [2.24, 2.45) is 11.8 Å². The fraction of sp³-hybridized carbons (Fsp3) is 0.529. The summed E-state index contributed by atoms with van der Waals surface area (Å²) < 4.78 is 0. The van der Waals surface area contributed by atoms with Gasteiger partial charge in [-0.1, -0.05) is 37.1 Å². The van der Waals surface area contributed by atoms with Crippen LogP contribution in [0.25, 0.3) is 0 Å². The minimum absolute atomic E-state index is 0.115. The molecule has 0 aromatic heterocycles. The molecule has 22 heavy (non-hydrogen) atoms. The lowest BCUT2D eigenvalue weighted by Gasteiger charge is -2.28. The van der Waals surface area contributed by atoms with Crippen molar-refractivity contribution in [3.63, 3.8) is 0 Å². The minimum atomic E-state index is -0.863. The second kappa shape index (κ2) is 8.22. The Morgan fingerprint density at radius 1 is 1.32 bits per heavy atom. The lowest BCUT2D eigenvalue weighted by molar-refractivity contribution is -0.141. The number of carbonyl (C=O) groups is 2. The lowest BCUT2D eigenvalue weighted by Crippen LogP contribution is -2.40. The second-order valence-corrected chi connectivity index (χ2v) is 6.19. The van der Waals surface area contributed by atoms with E-state index in [1.807, 2.05) is 18.2 Å². The number of carbonyl (C=O) groups excluding carboxylic acids is 1. The number of amides is 1. The molecule has 0 saturated heterocycles. The van der Waals surface area contributed by atoms with Crippen LogP contribution in [0, 0.1) is 11.8 Å². The first-order valence-electron chi connectivity index (χ1n) is 7.84. The van der Waals surface area contributed by atoms with Crippen LogP contribution < -0.4 is 5.32 Å². The third-order valence-electron chi connectivity index (χ3n) is 4.22. The van der Waals surface area contributed by atoms with Crippen LogP contribution in [-0.4, -0.2) is 22.7 Å². The van der Waals surface area contributed by atoms with Gasteiger partial charge in [-0.3, -0.25) is 9.59 Å². The van der Waals surface area contributed by atoms with E-state index >= 15 is 0 Å². The molecule has 0 bridgehead atoms. The standard InChI is InChI=1S/C17H23NO3S/c19-16-13(11-22)10-12-8-6-4-2-1-3-5-7-9-14(17(20)21)15(12)18-16/h2,4,6,8,13-14,22H,1,3,5,7,9-11H2,(H,18,19)(H,20,21)/b4-2-,8-6+. The lowest BCUT2D eigenvalue weighted by atomic mass is 9.86. The Hall–Kier alpha value is -1.49. The molecule has 0 aromatic carbocycles. The van der Waals surface area contributed by atoms with Crippen LogP contribution in [-0.2, 0) is 9.59 Å². The van der Waals surface area contributed by atoms with Gasteiger partial charge >= 0.3 is 5.97 Å². The SMILES string of the molecule is O=C1NC2=C(/C=C/C=C\CCCCCC2C(=O)O)CC1CS. The first-order chi connectivity index (χ1) is 10.6. The van der Waals surface area contributed by atoms with Crippen LogP contribution in [0.15, 0.2) is 35.6 Å². The summed E-state index contributed by atoms with van der Waals surface area (Å²) in [6.07, 6.45) is 13.1.